The largest absolute Gasteiger partial charge is 0.264 e. The van der Waals surface area contributed by atoms with Crippen molar-refractivity contribution in [3.05, 3.63) is 59.7 Å². The van der Waals surface area contributed by atoms with Gasteiger partial charge in [0.15, 0.2) is 0 Å². The zero-order valence-electron chi connectivity index (χ0n) is 13.1. The molecule has 20 heavy (non-hydrogen) atoms. The molecule has 0 bridgehead atoms. The molecular weight excluding hydrogens is 244 g/mol. The third kappa shape index (κ3) is 3.44. The quantitative estimate of drug-likeness (QED) is 0.829. The minimum Gasteiger partial charge on any atom is -0.264 e. The Kier molecular flexibility index (Phi) is 3.94. The van der Waals surface area contributed by atoms with Gasteiger partial charge < -0.3 is 0 Å². The number of pyridine rings is 2. The Hall–Kier alpha value is -1.70. The molecule has 0 N–H and O–H groups in total. The Morgan fingerprint density at radius 2 is 1.70 bits per heavy atom. The van der Waals surface area contributed by atoms with E-state index in [1.807, 2.05) is 24.7 Å². The first-order valence-corrected chi connectivity index (χ1v) is 7.15. The minimum absolute atomic E-state index is 0.0395. The topological polar surface area (TPSA) is 25.8 Å². The van der Waals surface area contributed by atoms with Crippen LogP contribution in [0.25, 0.3) is 0 Å². The van der Waals surface area contributed by atoms with E-state index in [1.165, 1.54) is 11.1 Å². The van der Waals surface area contributed by atoms with Crippen molar-refractivity contribution < 1.29 is 0 Å². The number of hydrogen-bond acceptors (Lipinski definition) is 2. The van der Waals surface area contributed by atoms with E-state index in [4.69, 9.17) is 0 Å². The van der Waals surface area contributed by atoms with Gasteiger partial charge >= 0.3 is 0 Å². The van der Waals surface area contributed by atoms with Gasteiger partial charge in [-0.2, -0.15) is 0 Å². The summed E-state index contributed by atoms with van der Waals surface area (Å²) in [5.74, 6) is 0. The van der Waals surface area contributed by atoms with Gasteiger partial charge in [0.05, 0.1) is 0 Å². The van der Waals surface area contributed by atoms with E-state index in [-0.39, 0.29) is 10.8 Å². The monoisotopic (exact) mass is 268 g/mol. The summed E-state index contributed by atoms with van der Waals surface area (Å²) in [6, 6.07) is 8.48. The fraction of sp³-hybridized carbons (Fsp3) is 0.444. The smallest absolute Gasteiger partial charge is 0.0415 e. The van der Waals surface area contributed by atoms with Crippen LogP contribution in [0.1, 0.15) is 51.4 Å². The van der Waals surface area contributed by atoms with E-state index in [2.05, 4.69) is 62.8 Å². The molecule has 0 saturated carbocycles. The summed E-state index contributed by atoms with van der Waals surface area (Å²) in [6.45, 7) is 11.2. The first-order chi connectivity index (χ1) is 9.29. The van der Waals surface area contributed by atoms with E-state index >= 15 is 0 Å². The molecule has 0 unspecified atom stereocenters. The van der Waals surface area contributed by atoms with Crippen molar-refractivity contribution in [3.63, 3.8) is 0 Å². The first-order valence-electron chi connectivity index (χ1n) is 7.15. The van der Waals surface area contributed by atoms with E-state index < -0.39 is 0 Å². The van der Waals surface area contributed by atoms with Crippen molar-refractivity contribution in [2.24, 2.45) is 0 Å². The second-order valence-electron chi connectivity index (χ2n) is 7.09. The van der Waals surface area contributed by atoms with Gasteiger partial charge in [-0.15, -0.1) is 0 Å². The molecule has 0 spiro atoms. The Balaban J connectivity index is 2.26. The highest BCUT2D eigenvalue weighted by molar-refractivity contribution is 5.27. The van der Waals surface area contributed by atoms with Gasteiger partial charge in [-0.3, -0.25) is 9.97 Å². The molecule has 0 fully saturated rings. The predicted octanol–water partition coefficient (Wildman–Crippen LogP) is 4.29. The van der Waals surface area contributed by atoms with E-state index in [0.29, 0.717) is 0 Å². The van der Waals surface area contributed by atoms with Crippen LogP contribution in [-0.4, -0.2) is 9.97 Å². The molecule has 0 saturated heterocycles. The molecular formula is C18H24N2. The first kappa shape index (κ1) is 14.7. The lowest BCUT2D eigenvalue weighted by Gasteiger charge is -2.26. The van der Waals surface area contributed by atoms with Crippen molar-refractivity contribution in [3.8, 4) is 0 Å². The summed E-state index contributed by atoms with van der Waals surface area (Å²) in [5.41, 5.74) is 3.94. The summed E-state index contributed by atoms with van der Waals surface area (Å²) in [4.78, 5) is 8.77. The number of nitrogens with zero attached hydrogens (tertiary/aromatic N) is 2. The normalized spacial score (nSPS) is 12.4. The van der Waals surface area contributed by atoms with Gasteiger partial charge in [-0.1, -0.05) is 40.7 Å². The molecule has 2 heterocycles. The van der Waals surface area contributed by atoms with Crippen LogP contribution >= 0.6 is 0 Å². The van der Waals surface area contributed by atoms with Gasteiger partial charge in [0.1, 0.15) is 0 Å². The van der Waals surface area contributed by atoms with Crippen LogP contribution in [-0.2, 0) is 17.3 Å². The molecule has 2 rings (SSSR count). The highest BCUT2D eigenvalue weighted by Gasteiger charge is 2.23. The molecule has 0 atom stereocenters. The third-order valence-corrected chi connectivity index (χ3v) is 3.75. The Labute approximate surface area is 122 Å². The minimum atomic E-state index is 0.0395. The maximum absolute atomic E-state index is 4.54. The SMILES string of the molecule is CC(C)(C)c1ccnc(CC(C)(C)c2cccnc2)c1. The predicted molar refractivity (Wildman–Crippen MR) is 83.9 cm³/mol. The van der Waals surface area contributed by atoms with Crippen LogP contribution < -0.4 is 0 Å². The maximum Gasteiger partial charge on any atom is 0.0415 e. The molecule has 2 aromatic rings. The molecule has 0 aromatic carbocycles. The second kappa shape index (κ2) is 5.35. The Morgan fingerprint density at radius 3 is 2.30 bits per heavy atom. The van der Waals surface area contributed by atoms with Crippen LogP contribution in [0.15, 0.2) is 42.9 Å². The maximum atomic E-state index is 4.54. The van der Waals surface area contributed by atoms with Gasteiger partial charge in [-0.25, -0.2) is 0 Å². The Bertz CT molecular complexity index is 565. The summed E-state index contributed by atoms with van der Waals surface area (Å²) >= 11 is 0. The van der Waals surface area contributed by atoms with Crippen molar-refractivity contribution in [1.29, 1.82) is 0 Å². The summed E-state index contributed by atoms with van der Waals surface area (Å²) in [6.07, 6.45) is 6.61. The number of aromatic nitrogens is 2. The molecule has 0 aliphatic heterocycles. The molecule has 2 nitrogen and oxygen atoms in total. The van der Waals surface area contributed by atoms with Gasteiger partial charge in [0.2, 0.25) is 0 Å². The van der Waals surface area contributed by atoms with Crippen molar-refractivity contribution in [2.75, 3.05) is 0 Å². The fourth-order valence-electron chi connectivity index (χ4n) is 2.36. The molecule has 2 aromatic heterocycles. The average molecular weight is 268 g/mol. The summed E-state index contributed by atoms with van der Waals surface area (Å²) in [5, 5.41) is 0. The third-order valence-electron chi connectivity index (χ3n) is 3.75. The lowest BCUT2D eigenvalue weighted by molar-refractivity contribution is 0.510. The van der Waals surface area contributed by atoms with E-state index in [1.54, 1.807) is 0 Å². The molecule has 0 aliphatic rings. The summed E-state index contributed by atoms with van der Waals surface area (Å²) in [7, 11) is 0. The van der Waals surface area contributed by atoms with E-state index in [0.717, 1.165) is 12.1 Å². The lowest BCUT2D eigenvalue weighted by atomic mass is 9.80. The van der Waals surface area contributed by atoms with Crippen molar-refractivity contribution in [2.45, 2.75) is 51.9 Å². The Morgan fingerprint density at radius 1 is 0.950 bits per heavy atom. The zero-order valence-corrected chi connectivity index (χ0v) is 13.1. The van der Waals surface area contributed by atoms with Crippen molar-refractivity contribution in [1.82, 2.24) is 9.97 Å². The molecule has 106 valence electrons. The van der Waals surface area contributed by atoms with Crippen LogP contribution in [0.4, 0.5) is 0 Å². The van der Waals surface area contributed by atoms with Crippen LogP contribution in [0, 0.1) is 0 Å². The standard InChI is InChI=1S/C18H24N2/c1-17(2,3)14-8-10-20-16(11-14)12-18(4,5)15-7-6-9-19-13-15/h6-11,13H,12H2,1-5H3. The fourth-order valence-corrected chi connectivity index (χ4v) is 2.36. The molecule has 0 radical (unpaired) electrons. The second-order valence-corrected chi connectivity index (χ2v) is 7.09. The van der Waals surface area contributed by atoms with E-state index in [9.17, 15) is 0 Å². The van der Waals surface area contributed by atoms with Gasteiger partial charge in [0, 0.05) is 24.3 Å². The van der Waals surface area contributed by atoms with Crippen LogP contribution in [0.3, 0.4) is 0 Å². The lowest BCUT2D eigenvalue weighted by Crippen LogP contribution is -2.22. The van der Waals surface area contributed by atoms with Gasteiger partial charge in [0.25, 0.3) is 0 Å². The number of hydrogen-bond donors (Lipinski definition) is 0. The van der Waals surface area contributed by atoms with Crippen LogP contribution in [0.2, 0.25) is 0 Å². The molecule has 0 aliphatic carbocycles. The van der Waals surface area contributed by atoms with Crippen molar-refractivity contribution >= 4 is 0 Å². The van der Waals surface area contributed by atoms with Crippen LogP contribution in [0.5, 0.6) is 0 Å². The molecule has 2 heteroatoms. The zero-order chi connectivity index (χ0) is 14.8. The average Bonchev–Trinajstić information content (AvgIpc) is 2.38. The molecule has 0 amide bonds. The number of rotatable bonds is 3. The highest BCUT2D eigenvalue weighted by atomic mass is 14.7. The van der Waals surface area contributed by atoms with Gasteiger partial charge in [-0.05, 0) is 46.6 Å². The highest BCUT2D eigenvalue weighted by Crippen LogP contribution is 2.28. The summed E-state index contributed by atoms with van der Waals surface area (Å²) < 4.78 is 0.